The molecule has 0 unspecified atom stereocenters. The maximum absolute atomic E-state index is 11.3. The Kier molecular flexibility index (Phi) is 4.32. The lowest BCUT2D eigenvalue weighted by molar-refractivity contribution is -0.0340. The van der Waals surface area contributed by atoms with Gasteiger partial charge >= 0.3 is 0 Å². The van der Waals surface area contributed by atoms with Gasteiger partial charge in [0.05, 0.1) is 11.2 Å². The molecule has 0 saturated heterocycles. The number of halogens is 1. The fourth-order valence-electron chi connectivity index (χ4n) is 2.39. The van der Waals surface area contributed by atoms with Crippen molar-refractivity contribution in [3.8, 4) is 5.75 Å². The van der Waals surface area contributed by atoms with Gasteiger partial charge in [0.2, 0.25) is 0 Å². The average Bonchev–Trinajstić information content (AvgIpc) is 2.37. The van der Waals surface area contributed by atoms with Crippen molar-refractivity contribution in [3.05, 3.63) is 28.8 Å². The number of amides is 1. The average molecular weight is 284 g/mol. The predicted octanol–water partition coefficient (Wildman–Crippen LogP) is 2.51. The van der Waals surface area contributed by atoms with Crippen molar-refractivity contribution in [1.29, 1.82) is 0 Å². The van der Waals surface area contributed by atoms with Gasteiger partial charge in [0.15, 0.2) is 0 Å². The molecule has 0 aromatic heterocycles. The van der Waals surface area contributed by atoms with E-state index in [0.29, 0.717) is 10.8 Å². The van der Waals surface area contributed by atoms with E-state index < -0.39 is 11.5 Å². The zero-order valence-corrected chi connectivity index (χ0v) is 11.4. The van der Waals surface area contributed by atoms with Gasteiger partial charge in [-0.15, -0.1) is 0 Å². The van der Waals surface area contributed by atoms with Crippen LogP contribution in [0, 0.1) is 0 Å². The van der Waals surface area contributed by atoms with Crippen LogP contribution < -0.4 is 10.5 Å². The summed E-state index contributed by atoms with van der Waals surface area (Å²) in [6, 6.07) is 4.67. The van der Waals surface area contributed by atoms with E-state index in [1.807, 2.05) is 0 Å². The van der Waals surface area contributed by atoms with Crippen molar-refractivity contribution in [2.24, 2.45) is 5.73 Å². The van der Waals surface area contributed by atoms with Gasteiger partial charge in [-0.25, -0.2) is 0 Å². The SMILES string of the molecule is NC(=O)c1ccc(Cl)cc1OCC1(O)CCCCC1. The summed E-state index contributed by atoms with van der Waals surface area (Å²) in [5, 5.41) is 10.8. The number of ether oxygens (including phenoxy) is 1. The van der Waals surface area contributed by atoms with Gasteiger partial charge in [-0.05, 0) is 31.0 Å². The molecule has 4 nitrogen and oxygen atoms in total. The number of benzene rings is 1. The third-order valence-corrected chi connectivity index (χ3v) is 3.72. The van der Waals surface area contributed by atoms with Crippen molar-refractivity contribution >= 4 is 17.5 Å². The van der Waals surface area contributed by atoms with E-state index in [4.69, 9.17) is 22.1 Å². The monoisotopic (exact) mass is 283 g/mol. The smallest absolute Gasteiger partial charge is 0.252 e. The van der Waals surface area contributed by atoms with Crippen LogP contribution in [-0.2, 0) is 0 Å². The Balaban J connectivity index is 2.10. The summed E-state index contributed by atoms with van der Waals surface area (Å²) in [5.41, 5.74) is 4.75. The van der Waals surface area contributed by atoms with Crippen molar-refractivity contribution in [2.75, 3.05) is 6.61 Å². The lowest BCUT2D eigenvalue weighted by Crippen LogP contribution is -2.38. The zero-order valence-electron chi connectivity index (χ0n) is 10.7. The minimum Gasteiger partial charge on any atom is -0.490 e. The first-order valence-electron chi connectivity index (χ1n) is 6.45. The molecular formula is C14H18ClNO3. The Hall–Kier alpha value is -1.26. The maximum Gasteiger partial charge on any atom is 0.252 e. The van der Waals surface area contributed by atoms with Crippen molar-refractivity contribution in [3.63, 3.8) is 0 Å². The number of rotatable bonds is 4. The van der Waals surface area contributed by atoms with E-state index in [1.54, 1.807) is 12.1 Å². The molecule has 1 aliphatic carbocycles. The van der Waals surface area contributed by atoms with E-state index in [9.17, 15) is 9.90 Å². The molecule has 19 heavy (non-hydrogen) atoms. The maximum atomic E-state index is 11.3. The second-order valence-electron chi connectivity index (χ2n) is 5.08. The molecule has 0 aliphatic heterocycles. The van der Waals surface area contributed by atoms with Gasteiger partial charge in [0, 0.05) is 5.02 Å². The van der Waals surface area contributed by atoms with Gasteiger partial charge in [-0.2, -0.15) is 0 Å². The van der Waals surface area contributed by atoms with Crippen molar-refractivity contribution in [2.45, 2.75) is 37.7 Å². The lowest BCUT2D eigenvalue weighted by atomic mass is 9.85. The molecule has 2 rings (SSSR count). The van der Waals surface area contributed by atoms with Gasteiger partial charge in [0.1, 0.15) is 12.4 Å². The van der Waals surface area contributed by atoms with Crippen LogP contribution in [0.2, 0.25) is 5.02 Å². The minimum atomic E-state index is -0.810. The summed E-state index contributed by atoms with van der Waals surface area (Å²) in [7, 11) is 0. The van der Waals surface area contributed by atoms with Crippen LogP contribution in [0.4, 0.5) is 0 Å². The molecule has 0 heterocycles. The summed E-state index contributed by atoms with van der Waals surface area (Å²) >= 11 is 5.88. The fraction of sp³-hybridized carbons (Fsp3) is 0.500. The molecule has 1 aromatic carbocycles. The molecule has 104 valence electrons. The van der Waals surface area contributed by atoms with E-state index in [-0.39, 0.29) is 12.2 Å². The quantitative estimate of drug-likeness (QED) is 0.892. The standard InChI is InChI=1S/C14H18ClNO3/c15-10-4-5-11(13(16)17)12(8-10)19-9-14(18)6-2-1-3-7-14/h4-5,8,18H,1-3,6-7,9H2,(H2,16,17). The predicted molar refractivity (Wildman–Crippen MR) is 73.5 cm³/mol. The summed E-state index contributed by atoms with van der Waals surface area (Å²) in [6.45, 7) is 0.160. The normalized spacial score (nSPS) is 18.0. The zero-order chi connectivity index (χ0) is 13.9. The molecule has 0 bridgehead atoms. The number of carbonyl (C=O) groups is 1. The van der Waals surface area contributed by atoms with Crippen LogP contribution >= 0.6 is 11.6 Å². The van der Waals surface area contributed by atoms with E-state index in [1.165, 1.54) is 6.07 Å². The first kappa shape index (κ1) is 14.2. The first-order valence-corrected chi connectivity index (χ1v) is 6.82. The Bertz CT molecular complexity index is 470. The second-order valence-corrected chi connectivity index (χ2v) is 5.51. The molecule has 0 spiro atoms. The number of carbonyl (C=O) groups excluding carboxylic acids is 1. The largest absolute Gasteiger partial charge is 0.490 e. The summed E-state index contributed by atoms with van der Waals surface area (Å²) in [6.07, 6.45) is 4.58. The number of primary amides is 1. The van der Waals surface area contributed by atoms with Crippen LogP contribution in [0.25, 0.3) is 0 Å². The van der Waals surface area contributed by atoms with Gasteiger partial charge < -0.3 is 15.6 Å². The molecule has 5 heteroatoms. The van der Waals surface area contributed by atoms with Crippen LogP contribution in [0.15, 0.2) is 18.2 Å². The van der Waals surface area contributed by atoms with Gasteiger partial charge in [-0.1, -0.05) is 30.9 Å². The van der Waals surface area contributed by atoms with E-state index in [0.717, 1.165) is 32.1 Å². The van der Waals surface area contributed by atoms with Crippen molar-refractivity contribution in [1.82, 2.24) is 0 Å². The summed E-state index contributed by atoms with van der Waals surface area (Å²) in [4.78, 5) is 11.3. The minimum absolute atomic E-state index is 0.160. The van der Waals surface area contributed by atoms with Crippen LogP contribution in [0.5, 0.6) is 5.75 Å². The van der Waals surface area contributed by atoms with Gasteiger partial charge in [0.25, 0.3) is 5.91 Å². The summed E-state index contributed by atoms with van der Waals surface area (Å²) in [5.74, 6) is -0.235. The number of hydrogen-bond acceptors (Lipinski definition) is 3. The van der Waals surface area contributed by atoms with Crippen LogP contribution in [-0.4, -0.2) is 23.2 Å². The molecule has 0 radical (unpaired) electrons. The third-order valence-electron chi connectivity index (χ3n) is 3.49. The Morgan fingerprint density at radius 1 is 1.37 bits per heavy atom. The Morgan fingerprint density at radius 3 is 2.68 bits per heavy atom. The van der Waals surface area contributed by atoms with Crippen molar-refractivity contribution < 1.29 is 14.6 Å². The third kappa shape index (κ3) is 3.61. The molecule has 3 N–H and O–H groups in total. The van der Waals surface area contributed by atoms with Gasteiger partial charge in [-0.3, -0.25) is 4.79 Å². The lowest BCUT2D eigenvalue weighted by Gasteiger charge is -2.31. The Labute approximate surface area is 117 Å². The number of aliphatic hydroxyl groups is 1. The molecule has 1 aliphatic rings. The van der Waals surface area contributed by atoms with E-state index >= 15 is 0 Å². The molecule has 1 aromatic rings. The fourth-order valence-corrected chi connectivity index (χ4v) is 2.55. The molecular weight excluding hydrogens is 266 g/mol. The number of hydrogen-bond donors (Lipinski definition) is 2. The molecule has 1 fully saturated rings. The Morgan fingerprint density at radius 2 is 2.05 bits per heavy atom. The molecule has 1 amide bonds. The highest BCUT2D eigenvalue weighted by Gasteiger charge is 2.30. The number of nitrogens with two attached hydrogens (primary N) is 1. The first-order chi connectivity index (χ1) is 9.00. The second kappa shape index (κ2) is 5.80. The highest BCUT2D eigenvalue weighted by Crippen LogP contribution is 2.30. The molecule has 1 saturated carbocycles. The van der Waals surface area contributed by atoms with Crippen LogP contribution in [0.1, 0.15) is 42.5 Å². The van der Waals surface area contributed by atoms with Crippen LogP contribution in [0.3, 0.4) is 0 Å². The summed E-state index contributed by atoms with van der Waals surface area (Å²) < 4.78 is 5.59. The highest BCUT2D eigenvalue weighted by molar-refractivity contribution is 6.30. The molecule has 0 atom stereocenters. The highest BCUT2D eigenvalue weighted by atomic mass is 35.5. The topological polar surface area (TPSA) is 72.6 Å². The van der Waals surface area contributed by atoms with E-state index in [2.05, 4.69) is 0 Å².